The minimum absolute atomic E-state index is 0.123. The minimum atomic E-state index is -3.78. The molecule has 2 aromatic carbocycles. The fourth-order valence-electron chi connectivity index (χ4n) is 1.39. The summed E-state index contributed by atoms with van der Waals surface area (Å²) in [5.41, 5.74) is 1.04. The number of rotatable bonds is 3. The molecule has 0 unspecified atom stereocenters. The summed E-state index contributed by atoms with van der Waals surface area (Å²) in [4.78, 5) is 0.123. The van der Waals surface area contributed by atoms with E-state index in [9.17, 15) is 8.42 Å². The van der Waals surface area contributed by atoms with Crippen molar-refractivity contribution in [2.24, 2.45) is 0 Å². The molecule has 0 aliphatic heterocycles. The van der Waals surface area contributed by atoms with Gasteiger partial charge in [0, 0.05) is 4.47 Å². The molecule has 5 heteroatoms. The molecule has 0 aromatic heterocycles. The van der Waals surface area contributed by atoms with Crippen LogP contribution in [0.5, 0.6) is 5.75 Å². The molecule has 0 saturated carbocycles. The summed E-state index contributed by atoms with van der Waals surface area (Å²) in [6.07, 6.45) is 0. The van der Waals surface area contributed by atoms with Gasteiger partial charge >= 0.3 is 10.1 Å². The Morgan fingerprint density at radius 1 is 1.06 bits per heavy atom. The Balaban J connectivity index is 2.30. The van der Waals surface area contributed by atoms with Crippen LogP contribution in [0, 0.1) is 6.92 Å². The maximum absolute atomic E-state index is 12.0. The van der Waals surface area contributed by atoms with Crippen LogP contribution in [0.15, 0.2) is 57.9 Å². The van der Waals surface area contributed by atoms with Crippen LogP contribution < -0.4 is 4.18 Å². The summed E-state index contributed by atoms with van der Waals surface area (Å²) in [6.45, 7) is 1.92. The third kappa shape index (κ3) is 3.11. The van der Waals surface area contributed by atoms with Gasteiger partial charge < -0.3 is 4.18 Å². The van der Waals surface area contributed by atoms with Crippen LogP contribution in [0.3, 0.4) is 0 Å². The van der Waals surface area contributed by atoms with Crippen molar-refractivity contribution in [1.82, 2.24) is 0 Å². The van der Waals surface area contributed by atoms with Crippen molar-refractivity contribution in [1.29, 1.82) is 0 Å². The molecule has 0 aliphatic carbocycles. The maximum Gasteiger partial charge on any atom is 0.339 e. The van der Waals surface area contributed by atoms with E-state index in [1.54, 1.807) is 36.4 Å². The molecule has 94 valence electrons. The van der Waals surface area contributed by atoms with Crippen molar-refractivity contribution in [3.63, 3.8) is 0 Å². The van der Waals surface area contributed by atoms with Crippen LogP contribution >= 0.6 is 15.9 Å². The second-order valence-electron chi connectivity index (χ2n) is 3.81. The van der Waals surface area contributed by atoms with Gasteiger partial charge in [-0.25, -0.2) is 0 Å². The van der Waals surface area contributed by atoms with Gasteiger partial charge in [0.1, 0.15) is 10.6 Å². The third-order valence-electron chi connectivity index (χ3n) is 2.31. The SMILES string of the molecule is Cc1ccc(OS(=O)(=O)c2cccc(Br)c2)cc1. The van der Waals surface area contributed by atoms with Crippen LogP contribution in [0.25, 0.3) is 0 Å². The largest absolute Gasteiger partial charge is 0.379 e. The summed E-state index contributed by atoms with van der Waals surface area (Å²) in [5.74, 6) is 0.306. The number of hydrogen-bond donors (Lipinski definition) is 0. The molecule has 2 aromatic rings. The van der Waals surface area contributed by atoms with E-state index in [2.05, 4.69) is 15.9 Å². The van der Waals surface area contributed by atoms with Crippen LogP contribution in [0.2, 0.25) is 0 Å². The fourth-order valence-corrected chi connectivity index (χ4v) is 2.92. The summed E-state index contributed by atoms with van der Waals surface area (Å²) >= 11 is 3.23. The highest BCUT2D eigenvalue weighted by atomic mass is 79.9. The standard InChI is InChI=1S/C13H11BrO3S/c1-10-5-7-12(8-6-10)17-18(15,16)13-4-2-3-11(14)9-13/h2-9H,1H3. The number of benzene rings is 2. The molecule has 0 spiro atoms. The Morgan fingerprint density at radius 3 is 2.33 bits per heavy atom. The molecule has 0 bridgehead atoms. The molecule has 0 radical (unpaired) electrons. The quantitative estimate of drug-likeness (QED) is 0.810. The lowest BCUT2D eigenvalue weighted by Gasteiger charge is -2.07. The Morgan fingerprint density at radius 2 is 1.72 bits per heavy atom. The van der Waals surface area contributed by atoms with E-state index in [-0.39, 0.29) is 4.90 Å². The highest BCUT2D eigenvalue weighted by Gasteiger charge is 2.16. The number of halogens is 1. The maximum atomic E-state index is 12.0. The van der Waals surface area contributed by atoms with Crippen LogP contribution in [0.4, 0.5) is 0 Å². The summed E-state index contributed by atoms with van der Waals surface area (Å²) in [6, 6.07) is 13.3. The lowest BCUT2D eigenvalue weighted by atomic mass is 10.2. The zero-order valence-electron chi connectivity index (χ0n) is 9.63. The van der Waals surface area contributed by atoms with Crippen LogP contribution in [-0.2, 0) is 10.1 Å². The van der Waals surface area contributed by atoms with E-state index in [1.165, 1.54) is 12.1 Å². The average Bonchev–Trinajstić information content (AvgIpc) is 2.32. The molecule has 0 amide bonds. The van der Waals surface area contributed by atoms with Crippen molar-refractivity contribution in [2.45, 2.75) is 11.8 Å². The van der Waals surface area contributed by atoms with Gasteiger partial charge in [-0.05, 0) is 37.3 Å². The zero-order valence-corrected chi connectivity index (χ0v) is 12.0. The molecule has 0 N–H and O–H groups in total. The number of hydrogen-bond acceptors (Lipinski definition) is 3. The fraction of sp³-hybridized carbons (Fsp3) is 0.0769. The second-order valence-corrected chi connectivity index (χ2v) is 6.27. The minimum Gasteiger partial charge on any atom is -0.379 e. The van der Waals surface area contributed by atoms with E-state index in [4.69, 9.17) is 4.18 Å². The first-order chi connectivity index (χ1) is 8.47. The Kier molecular flexibility index (Phi) is 3.73. The van der Waals surface area contributed by atoms with E-state index in [0.29, 0.717) is 10.2 Å². The van der Waals surface area contributed by atoms with Gasteiger partial charge in [0.05, 0.1) is 0 Å². The molecule has 18 heavy (non-hydrogen) atoms. The molecule has 0 atom stereocenters. The van der Waals surface area contributed by atoms with Crippen molar-refractivity contribution >= 4 is 26.0 Å². The average molecular weight is 327 g/mol. The molecule has 2 rings (SSSR count). The van der Waals surface area contributed by atoms with Crippen LogP contribution in [0.1, 0.15) is 5.56 Å². The number of aryl methyl sites for hydroxylation is 1. The predicted octanol–water partition coefficient (Wildman–Crippen LogP) is 3.53. The Hall–Kier alpha value is -1.33. The smallest absolute Gasteiger partial charge is 0.339 e. The predicted molar refractivity (Wildman–Crippen MR) is 73.1 cm³/mol. The van der Waals surface area contributed by atoms with Gasteiger partial charge in [-0.3, -0.25) is 0 Å². The monoisotopic (exact) mass is 326 g/mol. The van der Waals surface area contributed by atoms with Gasteiger partial charge in [0.15, 0.2) is 0 Å². The van der Waals surface area contributed by atoms with Crippen molar-refractivity contribution in [2.75, 3.05) is 0 Å². The molecular weight excluding hydrogens is 316 g/mol. The van der Waals surface area contributed by atoms with Crippen LogP contribution in [-0.4, -0.2) is 8.42 Å². The summed E-state index contributed by atoms with van der Waals surface area (Å²) in [5, 5.41) is 0. The van der Waals surface area contributed by atoms with Crippen molar-refractivity contribution in [3.8, 4) is 5.75 Å². The second kappa shape index (κ2) is 5.12. The Labute approximate surface area is 115 Å². The van der Waals surface area contributed by atoms with E-state index < -0.39 is 10.1 Å². The first-order valence-corrected chi connectivity index (χ1v) is 7.44. The highest BCUT2D eigenvalue weighted by molar-refractivity contribution is 9.10. The molecule has 0 aliphatic rings. The zero-order chi connectivity index (χ0) is 13.2. The van der Waals surface area contributed by atoms with Gasteiger partial charge in [0.25, 0.3) is 0 Å². The van der Waals surface area contributed by atoms with E-state index in [1.807, 2.05) is 6.92 Å². The van der Waals surface area contributed by atoms with Gasteiger partial charge in [-0.15, -0.1) is 0 Å². The normalized spacial score (nSPS) is 11.2. The first kappa shape index (κ1) is 13.1. The summed E-state index contributed by atoms with van der Waals surface area (Å²) in [7, 11) is -3.78. The topological polar surface area (TPSA) is 43.4 Å². The van der Waals surface area contributed by atoms with E-state index in [0.717, 1.165) is 5.56 Å². The first-order valence-electron chi connectivity index (χ1n) is 5.24. The van der Waals surface area contributed by atoms with Gasteiger partial charge in [0.2, 0.25) is 0 Å². The summed E-state index contributed by atoms with van der Waals surface area (Å²) < 4.78 is 29.7. The Bertz CT molecular complexity index is 648. The van der Waals surface area contributed by atoms with Crippen molar-refractivity contribution in [3.05, 3.63) is 58.6 Å². The molecular formula is C13H11BrO3S. The molecule has 0 heterocycles. The highest BCUT2D eigenvalue weighted by Crippen LogP contribution is 2.21. The molecule has 3 nitrogen and oxygen atoms in total. The molecule has 0 saturated heterocycles. The van der Waals surface area contributed by atoms with Crippen molar-refractivity contribution < 1.29 is 12.6 Å². The van der Waals surface area contributed by atoms with Gasteiger partial charge in [-0.2, -0.15) is 8.42 Å². The van der Waals surface area contributed by atoms with Gasteiger partial charge in [-0.1, -0.05) is 39.7 Å². The molecule has 0 fully saturated rings. The van der Waals surface area contributed by atoms with E-state index >= 15 is 0 Å². The lowest BCUT2D eigenvalue weighted by molar-refractivity contribution is 0.486. The lowest BCUT2D eigenvalue weighted by Crippen LogP contribution is -2.09. The third-order valence-corrected chi connectivity index (χ3v) is 4.05.